The zero-order valence-electron chi connectivity index (χ0n) is 26.3. The fraction of sp³-hybridized carbons (Fsp3) is 0.500. The Morgan fingerprint density at radius 3 is 2.84 bits per heavy atom. The van der Waals surface area contributed by atoms with E-state index < -0.39 is 6.67 Å². The Morgan fingerprint density at radius 2 is 2.07 bits per heavy atom. The van der Waals surface area contributed by atoms with Crippen LogP contribution in [-0.4, -0.2) is 102 Å². The third-order valence-corrected chi connectivity index (χ3v) is 9.07. The quantitative estimate of drug-likeness (QED) is 0.249. The molecule has 0 unspecified atom stereocenters. The van der Waals surface area contributed by atoms with Gasteiger partial charge in [0, 0.05) is 67.4 Å². The molecular weight excluding hydrogens is 571 g/mol. The molecule has 1 aromatic carbocycles. The lowest BCUT2D eigenvalue weighted by Gasteiger charge is -2.41. The van der Waals surface area contributed by atoms with Crippen molar-refractivity contribution in [3.63, 3.8) is 0 Å². The van der Waals surface area contributed by atoms with Crippen molar-refractivity contribution in [2.75, 3.05) is 62.8 Å². The van der Waals surface area contributed by atoms with E-state index >= 15 is 0 Å². The summed E-state index contributed by atoms with van der Waals surface area (Å²) in [5.41, 5.74) is 4.28. The summed E-state index contributed by atoms with van der Waals surface area (Å²) in [5, 5.41) is 2.31. The molecule has 1 saturated carbocycles. The van der Waals surface area contributed by atoms with Gasteiger partial charge in [-0.1, -0.05) is 18.2 Å². The fourth-order valence-electron chi connectivity index (χ4n) is 6.68. The number of carbonyl (C=O) groups is 1. The highest BCUT2D eigenvalue weighted by Crippen LogP contribution is 2.35. The molecule has 1 aliphatic carbocycles. The molecule has 2 aromatic heterocycles. The molecular formula is C34H41FN8O2. The molecule has 0 bridgehead atoms. The normalized spacial score (nSPS) is 19.2. The zero-order chi connectivity index (χ0) is 31.5. The van der Waals surface area contributed by atoms with Crippen LogP contribution in [0.2, 0.25) is 0 Å². The van der Waals surface area contributed by atoms with Gasteiger partial charge in [0.15, 0.2) is 0 Å². The van der Waals surface area contributed by atoms with Crippen molar-refractivity contribution >= 4 is 28.2 Å². The third-order valence-electron chi connectivity index (χ3n) is 9.07. The number of likely N-dealkylation sites (N-methyl/N-ethyl adjacent to an activating group) is 1. The maximum absolute atomic E-state index is 12.8. The predicted molar refractivity (Wildman–Crippen MR) is 173 cm³/mol. The fourth-order valence-corrected chi connectivity index (χ4v) is 6.68. The van der Waals surface area contributed by atoms with E-state index in [9.17, 15) is 9.18 Å². The van der Waals surface area contributed by atoms with E-state index in [0.29, 0.717) is 38.2 Å². The molecule has 3 aliphatic rings. The smallest absolute Gasteiger partial charge is 0.318 e. The third kappa shape index (κ3) is 6.71. The number of aromatic nitrogens is 3. The lowest BCUT2D eigenvalue weighted by molar-refractivity contribution is -0.128. The molecule has 45 heavy (non-hydrogen) atoms. The van der Waals surface area contributed by atoms with Crippen molar-refractivity contribution in [3.8, 4) is 6.01 Å². The number of carbonyl (C=O) groups excluding carboxylic acids is 1. The van der Waals surface area contributed by atoms with E-state index in [-0.39, 0.29) is 24.6 Å². The Bertz CT molecular complexity index is 1610. The second-order valence-electron chi connectivity index (χ2n) is 12.4. The first-order chi connectivity index (χ1) is 21.9. The van der Waals surface area contributed by atoms with E-state index in [2.05, 4.69) is 63.6 Å². The number of allylic oxidation sites excluding steroid dienone is 1. The van der Waals surface area contributed by atoms with Gasteiger partial charge >= 0.3 is 6.01 Å². The average Bonchev–Trinajstić information content (AvgIpc) is 3.89. The van der Waals surface area contributed by atoms with E-state index in [1.165, 1.54) is 35.9 Å². The number of fused-ring (bicyclic) bond motifs is 2. The summed E-state index contributed by atoms with van der Waals surface area (Å²) in [6.45, 7) is 14.8. The number of alkyl halides is 1. The molecule has 1 saturated heterocycles. The minimum atomic E-state index is -0.699. The Labute approximate surface area is 264 Å². The summed E-state index contributed by atoms with van der Waals surface area (Å²) in [6, 6.07) is 6.93. The summed E-state index contributed by atoms with van der Waals surface area (Å²) in [4.78, 5) is 39.5. The summed E-state index contributed by atoms with van der Waals surface area (Å²) in [5.74, 6) is 0.545. The topological polar surface area (TPSA) is 82.3 Å². The second-order valence-corrected chi connectivity index (χ2v) is 12.4. The van der Waals surface area contributed by atoms with Gasteiger partial charge in [-0.3, -0.25) is 14.7 Å². The monoisotopic (exact) mass is 612 g/mol. The highest BCUT2D eigenvalue weighted by atomic mass is 19.1. The molecule has 0 radical (unpaired) electrons. The van der Waals surface area contributed by atoms with Crippen LogP contribution in [0.15, 0.2) is 42.7 Å². The Balaban J connectivity index is 1.32. The largest absolute Gasteiger partial charge is 0.459 e. The van der Waals surface area contributed by atoms with Crippen molar-refractivity contribution < 1.29 is 13.9 Å². The molecule has 2 atom stereocenters. The van der Waals surface area contributed by atoms with E-state index in [1.54, 1.807) is 4.90 Å². The summed E-state index contributed by atoms with van der Waals surface area (Å²) >= 11 is 0. The van der Waals surface area contributed by atoms with E-state index in [1.807, 2.05) is 12.4 Å². The molecule has 10 nitrogen and oxygen atoms in total. The Kier molecular flexibility index (Phi) is 9.12. The summed E-state index contributed by atoms with van der Waals surface area (Å²) < 4.78 is 19.1. The van der Waals surface area contributed by atoms with Crippen LogP contribution in [0.5, 0.6) is 6.01 Å². The van der Waals surface area contributed by atoms with Gasteiger partial charge < -0.3 is 24.3 Å². The van der Waals surface area contributed by atoms with Gasteiger partial charge in [0.1, 0.15) is 24.6 Å². The SMILES string of the molecule is [C-]#[N+]C[C@H]1CN(c2nc(O[C@@H](C)CN(C)C3CC3)nc3c2CCN(c2cncc4cccc(C)c24)C3)CCN1C(=O)/C=C/CF. The van der Waals surface area contributed by atoms with Gasteiger partial charge in [-0.15, -0.1) is 0 Å². The van der Waals surface area contributed by atoms with Gasteiger partial charge in [-0.05, 0) is 51.8 Å². The number of halogens is 1. The van der Waals surface area contributed by atoms with Gasteiger partial charge in [-0.25, -0.2) is 11.0 Å². The number of nitrogens with zero attached hydrogens (tertiary/aromatic N) is 8. The predicted octanol–water partition coefficient (Wildman–Crippen LogP) is 4.22. The molecule has 0 N–H and O–H groups in total. The van der Waals surface area contributed by atoms with E-state index in [0.717, 1.165) is 47.7 Å². The van der Waals surface area contributed by atoms with Crippen LogP contribution >= 0.6 is 0 Å². The van der Waals surface area contributed by atoms with Crippen LogP contribution < -0.4 is 14.5 Å². The molecule has 236 valence electrons. The number of pyridine rings is 1. The van der Waals surface area contributed by atoms with Crippen molar-refractivity contribution in [2.45, 2.75) is 57.8 Å². The van der Waals surface area contributed by atoms with Crippen LogP contribution in [0.4, 0.5) is 15.9 Å². The number of amides is 1. The van der Waals surface area contributed by atoms with Crippen molar-refractivity contribution in [1.82, 2.24) is 24.8 Å². The number of ether oxygens (including phenoxy) is 1. The van der Waals surface area contributed by atoms with Crippen LogP contribution in [0, 0.1) is 13.5 Å². The first kappa shape index (κ1) is 30.7. The number of anilines is 2. The number of rotatable bonds is 10. The van der Waals surface area contributed by atoms with Gasteiger partial charge in [0.2, 0.25) is 12.5 Å². The standard InChI is InChI=1S/C34H41FN8O2/c1-23-7-5-8-25-17-37-19-30(32(23)25)41-14-12-28-29(22-41)38-34(45-24(2)20-40(4)26-10-11-26)39-33(28)42-15-16-43(27(21-42)18-36-3)31(44)9-6-13-35/h5-9,17,19,24,26-27H,10-16,18,20-22H2,1-2,4H3/b9-6+/t24-,27-/m0/s1. The van der Waals surface area contributed by atoms with Crippen LogP contribution in [0.3, 0.4) is 0 Å². The van der Waals surface area contributed by atoms with Gasteiger partial charge in [-0.2, -0.15) is 9.97 Å². The number of benzene rings is 1. The molecule has 6 rings (SSSR count). The number of piperazine rings is 1. The molecule has 0 spiro atoms. The lowest BCUT2D eigenvalue weighted by Crippen LogP contribution is -2.56. The van der Waals surface area contributed by atoms with E-state index in [4.69, 9.17) is 21.3 Å². The van der Waals surface area contributed by atoms with Crippen LogP contribution in [0.1, 0.15) is 36.6 Å². The van der Waals surface area contributed by atoms with Crippen molar-refractivity contribution in [1.29, 1.82) is 0 Å². The first-order valence-corrected chi connectivity index (χ1v) is 15.8. The number of hydrogen-bond donors (Lipinski definition) is 0. The van der Waals surface area contributed by atoms with Crippen LogP contribution in [0.25, 0.3) is 15.6 Å². The minimum absolute atomic E-state index is 0.0993. The van der Waals surface area contributed by atoms with Crippen molar-refractivity contribution in [2.24, 2.45) is 0 Å². The summed E-state index contributed by atoms with van der Waals surface area (Å²) in [7, 11) is 2.13. The second kappa shape index (κ2) is 13.4. The van der Waals surface area contributed by atoms with Gasteiger partial charge in [0.05, 0.1) is 24.1 Å². The molecule has 4 heterocycles. The molecule has 2 fully saturated rings. The highest BCUT2D eigenvalue weighted by molar-refractivity contribution is 5.96. The number of hydrogen-bond acceptors (Lipinski definition) is 8. The zero-order valence-corrected chi connectivity index (χ0v) is 26.3. The molecule has 11 heteroatoms. The minimum Gasteiger partial charge on any atom is -0.459 e. The maximum Gasteiger partial charge on any atom is 0.318 e. The lowest BCUT2D eigenvalue weighted by atomic mass is 10.0. The maximum atomic E-state index is 12.8. The van der Waals surface area contributed by atoms with Crippen molar-refractivity contribution in [3.05, 3.63) is 71.0 Å². The summed E-state index contributed by atoms with van der Waals surface area (Å²) in [6.07, 6.45) is 9.43. The average molecular weight is 613 g/mol. The Morgan fingerprint density at radius 1 is 1.22 bits per heavy atom. The van der Waals surface area contributed by atoms with Crippen LogP contribution in [-0.2, 0) is 17.8 Å². The number of aryl methyl sites for hydroxylation is 1. The highest BCUT2D eigenvalue weighted by Gasteiger charge is 2.35. The first-order valence-electron chi connectivity index (χ1n) is 15.8. The molecule has 3 aromatic rings. The Hall–Kier alpha value is -4.30. The molecule has 1 amide bonds. The van der Waals surface area contributed by atoms with Gasteiger partial charge in [0.25, 0.3) is 0 Å². The molecule has 2 aliphatic heterocycles.